The van der Waals surface area contributed by atoms with Crippen LogP contribution in [0.3, 0.4) is 0 Å². The predicted molar refractivity (Wildman–Crippen MR) is 89.4 cm³/mol. The monoisotopic (exact) mass is 330 g/mol. The number of nitrogens with zero attached hydrogens (tertiary/aromatic N) is 5. The molecule has 23 heavy (non-hydrogen) atoms. The van der Waals surface area contributed by atoms with Crippen LogP contribution in [0.15, 0.2) is 36.5 Å². The summed E-state index contributed by atoms with van der Waals surface area (Å²) in [7, 11) is 1.67. The quantitative estimate of drug-likeness (QED) is 0.681. The molecule has 0 aliphatic heterocycles. The number of nitrogens with one attached hydrogen (secondary N) is 1. The lowest BCUT2D eigenvalue weighted by atomic mass is 10.2. The molecule has 0 unspecified atom stereocenters. The van der Waals surface area contributed by atoms with Gasteiger partial charge in [0.25, 0.3) is 0 Å². The van der Waals surface area contributed by atoms with Crippen LogP contribution in [0.4, 0.5) is 5.13 Å². The van der Waals surface area contributed by atoms with E-state index in [4.69, 9.17) is 4.74 Å². The van der Waals surface area contributed by atoms with E-state index in [-0.39, 0.29) is 0 Å². The third kappa shape index (κ3) is 4.33. The molecule has 1 N–H and O–H groups in total. The Hall–Kier alpha value is -2.32. The Morgan fingerprint density at radius 1 is 1.26 bits per heavy atom. The Morgan fingerprint density at radius 3 is 2.96 bits per heavy atom. The van der Waals surface area contributed by atoms with Crippen molar-refractivity contribution in [3.63, 3.8) is 0 Å². The number of anilines is 1. The first-order valence-electron chi connectivity index (χ1n) is 7.36. The van der Waals surface area contributed by atoms with Crippen LogP contribution in [0.2, 0.25) is 0 Å². The van der Waals surface area contributed by atoms with Crippen LogP contribution in [-0.2, 0) is 17.7 Å². The number of benzene rings is 1. The van der Waals surface area contributed by atoms with Crippen molar-refractivity contribution in [1.82, 2.24) is 24.4 Å². The molecule has 3 rings (SSSR count). The molecule has 7 nitrogen and oxygen atoms in total. The van der Waals surface area contributed by atoms with Gasteiger partial charge in [-0.05, 0) is 0 Å². The van der Waals surface area contributed by atoms with E-state index >= 15 is 0 Å². The zero-order valence-corrected chi connectivity index (χ0v) is 13.7. The summed E-state index contributed by atoms with van der Waals surface area (Å²) >= 11 is 1.36. The Labute approximate surface area is 138 Å². The van der Waals surface area contributed by atoms with Gasteiger partial charge >= 0.3 is 0 Å². The van der Waals surface area contributed by atoms with Gasteiger partial charge in [-0.2, -0.15) is 4.37 Å². The smallest absolute Gasteiger partial charge is 0.202 e. The number of aromatic nitrogens is 5. The fraction of sp³-hybridized carbons (Fsp3) is 0.333. The van der Waals surface area contributed by atoms with Crippen molar-refractivity contribution >= 4 is 16.7 Å². The normalized spacial score (nSPS) is 10.8. The summed E-state index contributed by atoms with van der Waals surface area (Å²) in [5, 5.41) is 12.4. The lowest BCUT2D eigenvalue weighted by molar-refractivity contribution is 0.201. The molecule has 0 spiro atoms. The van der Waals surface area contributed by atoms with Crippen molar-refractivity contribution in [2.45, 2.75) is 13.0 Å². The second kappa shape index (κ2) is 7.80. The zero-order chi connectivity index (χ0) is 15.9. The first-order chi connectivity index (χ1) is 11.3. The highest BCUT2D eigenvalue weighted by molar-refractivity contribution is 7.09. The highest BCUT2D eigenvalue weighted by Gasteiger charge is 2.05. The molecule has 0 amide bonds. The topological polar surface area (TPSA) is 77.8 Å². The molecular formula is C15H18N6OS. The summed E-state index contributed by atoms with van der Waals surface area (Å²) in [4.78, 5) is 4.40. The minimum Gasteiger partial charge on any atom is -0.384 e. The summed E-state index contributed by atoms with van der Waals surface area (Å²) in [6.45, 7) is 2.07. The van der Waals surface area contributed by atoms with E-state index in [1.807, 2.05) is 41.2 Å². The molecule has 0 radical (unpaired) electrons. The van der Waals surface area contributed by atoms with Crippen molar-refractivity contribution in [3.05, 3.63) is 42.4 Å². The Kier molecular flexibility index (Phi) is 5.28. The van der Waals surface area contributed by atoms with Gasteiger partial charge in [0.05, 0.1) is 19.3 Å². The molecule has 8 heteroatoms. The van der Waals surface area contributed by atoms with E-state index in [9.17, 15) is 0 Å². The minimum absolute atomic E-state index is 0.636. The maximum absolute atomic E-state index is 5.02. The molecule has 0 saturated heterocycles. The fourth-order valence-corrected chi connectivity index (χ4v) is 2.68. The van der Waals surface area contributed by atoms with E-state index < -0.39 is 0 Å². The first kappa shape index (κ1) is 15.6. The summed E-state index contributed by atoms with van der Waals surface area (Å²) in [6.07, 6.45) is 2.68. The molecule has 0 aliphatic rings. The van der Waals surface area contributed by atoms with Crippen molar-refractivity contribution in [3.8, 4) is 11.3 Å². The maximum atomic E-state index is 5.02. The van der Waals surface area contributed by atoms with Gasteiger partial charge in [0.1, 0.15) is 11.5 Å². The SMILES string of the molecule is COCCc1nsc(NCCn2cc(-c3ccccc3)nn2)n1. The molecule has 0 atom stereocenters. The van der Waals surface area contributed by atoms with Crippen molar-refractivity contribution in [2.75, 3.05) is 25.6 Å². The van der Waals surface area contributed by atoms with E-state index in [1.165, 1.54) is 11.5 Å². The number of ether oxygens (including phenoxy) is 1. The molecule has 3 aromatic rings. The highest BCUT2D eigenvalue weighted by Crippen LogP contribution is 2.15. The Morgan fingerprint density at radius 2 is 2.13 bits per heavy atom. The maximum Gasteiger partial charge on any atom is 0.202 e. The number of hydrogen-bond acceptors (Lipinski definition) is 7. The molecule has 2 aromatic heterocycles. The number of rotatable bonds is 8. The van der Waals surface area contributed by atoms with Gasteiger partial charge in [0, 0.05) is 37.2 Å². The Bertz CT molecular complexity index is 726. The third-order valence-corrected chi connectivity index (χ3v) is 3.93. The molecule has 1 aromatic carbocycles. The fourth-order valence-electron chi connectivity index (χ4n) is 2.05. The van der Waals surface area contributed by atoms with E-state index in [2.05, 4.69) is 25.0 Å². The highest BCUT2D eigenvalue weighted by atomic mass is 32.1. The number of methoxy groups -OCH3 is 1. The minimum atomic E-state index is 0.636. The molecule has 0 fully saturated rings. The molecule has 0 aliphatic carbocycles. The van der Waals surface area contributed by atoms with Crippen molar-refractivity contribution < 1.29 is 4.74 Å². The molecule has 2 heterocycles. The molecule has 0 bridgehead atoms. The number of hydrogen-bond donors (Lipinski definition) is 1. The first-order valence-corrected chi connectivity index (χ1v) is 8.13. The van der Waals surface area contributed by atoms with E-state index in [0.29, 0.717) is 13.2 Å². The standard InChI is InChI=1S/C15H18N6OS/c1-22-10-7-14-17-15(23-19-14)16-8-9-21-11-13(18-20-21)12-5-3-2-4-6-12/h2-6,11H,7-10H2,1H3,(H,16,17,19). The Balaban J connectivity index is 1.49. The lowest BCUT2D eigenvalue weighted by Crippen LogP contribution is -2.11. The van der Waals surface area contributed by atoms with Gasteiger partial charge in [0.15, 0.2) is 0 Å². The van der Waals surface area contributed by atoms with Crippen LogP contribution in [-0.4, -0.2) is 44.6 Å². The van der Waals surface area contributed by atoms with Gasteiger partial charge in [-0.15, -0.1) is 5.10 Å². The summed E-state index contributed by atoms with van der Waals surface area (Å²) < 4.78 is 11.1. The average molecular weight is 330 g/mol. The lowest BCUT2D eigenvalue weighted by Gasteiger charge is -2.01. The van der Waals surface area contributed by atoms with Crippen molar-refractivity contribution in [1.29, 1.82) is 0 Å². The van der Waals surface area contributed by atoms with Gasteiger partial charge in [-0.1, -0.05) is 35.5 Å². The predicted octanol–water partition coefficient (Wildman–Crippen LogP) is 2.10. The second-order valence-corrected chi connectivity index (χ2v) is 5.67. The van der Waals surface area contributed by atoms with E-state index in [1.54, 1.807) is 7.11 Å². The van der Waals surface area contributed by atoms with Gasteiger partial charge in [0.2, 0.25) is 5.13 Å². The van der Waals surface area contributed by atoms with Crippen LogP contribution in [0.5, 0.6) is 0 Å². The van der Waals surface area contributed by atoms with Crippen LogP contribution < -0.4 is 5.32 Å². The third-order valence-electron chi connectivity index (χ3n) is 3.22. The average Bonchev–Trinajstić information content (AvgIpc) is 3.23. The van der Waals surface area contributed by atoms with Gasteiger partial charge in [-0.3, -0.25) is 4.68 Å². The van der Waals surface area contributed by atoms with Crippen LogP contribution in [0, 0.1) is 0 Å². The molecular weight excluding hydrogens is 312 g/mol. The van der Waals surface area contributed by atoms with Crippen LogP contribution in [0.25, 0.3) is 11.3 Å². The summed E-state index contributed by atoms with van der Waals surface area (Å²) in [5.41, 5.74) is 1.95. The zero-order valence-electron chi connectivity index (χ0n) is 12.8. The largest absolute Gasteiger partial charge is 0.384 e. The van der Waals surface area contributed by atoms with Gasteiger partial charge < -0.3 is 10.1 Å². The second-order valence-electron chi connectivity index (χ2n) is 4.92. The molecule has 120 valence electrons. The van der Waals surface area contributed by atoms with Crippen molar-refractivity contribution in [2.24, 2.45) is 0 Å². The summed E-state index contributed by atoms with van der Waals surface area (Å²) in [6, 6.07) is 10.0. The molecule has 0 saturated carbocycles. The van der Waals surface area contributed by atoms with E-state index in [0.717, 1.165) is 35.2 Å². The summed E-state index contributed by atoms with van der Waals surface area (Å²) in [5.74, 6) is 0.812. The van der Waals surface area contributed by atoms with Gasteiger partial charge in [-0.25, -0.2) is 4.98 Å². The van der Waals surface area contributed by atoms with Crippen LogP contribution in [0.1, 0.15) is 5.82 Å². The van der Waals surface area contributed by atoms with Crippen LogP contribution >= 0.6 is 11.5 Å².